The molecule has 4 aromatic heterocycles. The summed E-state index contributed by atoms with van der Waals surface area (Å²) in [6.45, 7) is 6.81. The van der Waals surface area contributed by atoms with Crippen molar-refractivity contribution < 1.29 is 0 Å². The lowest BCUT2D eigenvalue weighted by Crippen LogP contribution is -2.25. The van der Waals surface area contributed by atoms with Crippen molar-refractivity contribution in [2.24, 2.45) is 7.05 Å². The van der Waals surface area contributed by atoms with Crippen LogP contribution in [0.25, 0.3) is 33.1 Å². The average Bonchev–Trinajstić information content (AvgIpc) is 3.22. The Kier molecular flexibility index (Phi) is 4.55. The van der Waals surface area contributed by atoms with Crippen LogP contribution in [0.4, 0.5) is 5.69 Å². The summed E-state index contributed by atoms with van der Waals surface area (Å²) in [5.74, 6) is 0. The second-order valence-corrected chi connectivity index (χ2v) is 9.10. The number of anilines is 1. The van der Waals surface area contributed by atoms with Crippen molar-refractivity contribution >= 4 is 27.5 Å². The number of hydrogen-bond donors (Lipinski definition) is 1. The van der Waals surface area contributed by atoms with Gasteiger partial charge in [-0.2, -0.15) is 5.10 Å². The highest BCUT2D eigenvalue weighted by Gasteiger charge is 2.29. The van der Waals surface area contributed by atoms with Crippen molar-refractivity contribution in [1.29, 1.82) is 0 Å². The largest absolute Gasteiger partial charge is 0.375 e. The summed E-state index contributed by atoms with van der Waals surface area (Å²) in [6.07, 6.45) is 4.34. The van der Waals surface area contributed by atoms with Crippen LogP contribution in [-0.2, 0) is 20.0 Å². The molecule has 1 N–H and O–H groups in total. The van der Waals surface area contributed by atoms with E-state index in [1.54, 1.807) is 17.0 Å². The summed E-state index contributed by atoms with van der Waals surface area (Å²) < 4.78 is 3.84. The minimum absolute atomic E-state index is 0.0248. The molecule has 7 nitrogen and oxygen atoms in total. The Hall–Kier alpha value is -4.00. The Balaban J connectivity index is 1.58. The lowest BCUT2D eigenvalue weighted by atomic mass is 9.93. The highest BCUT2D eigenvalue weighted by atomic mass is 16.1. The fraction of sp³-hybridized carbons (Fsp3) is 0.259. The molecule has 0 saturated carbocycles. The summed E-state index contributed by atoms with van der Waals surface area (Å²) in [7, 11) is 1.85. The zero-order chi connectivity index (χ0) is 23.6. The Morgan fingerprint density at radius 3 is 2.65 bits per heavy atom. The molecule has 1 aromatic carbocycles. The van der Waals surface area contributed by atoms with Gasteiger partial charge in [0, 0.05) is 41.5 Å². The van der Waals surface area contributed by atoms with E-state index in [1.807, 2.05) is 38.2 Å². The third-order valence-corrected chi connectivity index (χ3v) is 6.80. The SMILES string of the molecule is CCc1nn2c3c4c(cc(C)cc4c(=O)n(C)c13)C(Nc1ccc(C)nc1-c1ccncc1)C2. The molecule has 1 aliphatic rings. The Bertz CT molecular complexity index is 1650. The van der Waals surface area contributed by atoms with Crippen molar-refractivity contribution in [1.82, 2.24) is 24.3 Å². The van der Waals surface area contributed by atoms with Gasteiger partial charge < -0.3 is 9.88 Å². The predicted octanol–water partition coefficient (Wildman–Crippen LogP) is 4.69. The quantitative estimate of drug-likeness (QED) is 0.430. The van der Waals surface area contributed by atoms with Crippen molar-refractivity contribution in [2.75, 3.05) is 5.32 Å². The van der Waals surface area contributed by atoms with Crippen LogP contribution in [0.1, 0.15) is 35.5 Å². The maximum absolute atomic E-state index is 13.4. The standard InChI is InChI=1S/C27H26N6O/c1-5-20-25-26-23-18(12-15(2)13-19(23)27(34)32(25)4)22(14-33(26)31-20)30-21-7-6-16(3)29-24(21)17-8-10-28-11-9-17/h6-13,22,30H,5,14H2,1-4H3. The Morgan fingerprint density at radius 2 is 1.88 bits per heavy atom. The van der Waals surface area contributed by atoms with E-state index in [9.17, 15) is 4.79 Å². The van der Waals surface area contributed by atoms with E-state index in [2.05, 4.69) is 41.0 Å². The number of rotatable bonds is 4. The van der Waals surface area contributed by atoms with Gasteiger partial charge >= 0.3 is 0 Å². The van der Waals surface area contributed by atoms with Crippen molar-refractivity contribution in [2.45, 2.75) is 39.8 Å². The van der Waals surface area contributed by atoms with E-state index >= 15 is 0 Å². The first-order valence-electron chi connectivity index (χ1n) is 11.6. The molecule has 0 radical (unpaired) electrons. The zero-order valence-corrected chi connectivity index (χ0v) is 19.8. The summed E-state index contributed by atoms with van der Waals surface area (Å²) in [4.78, 5) is 22.4. The average molecular weight is 451 g/mol. The lowest BCUT2D eigenvalue weighted by molar-refractivity contribution is 0.556. The van der Waals surface area contributed by atoms with Crippen LogP contribution in [-0.4, -0.2) is 24.3 Å². The topological polar surface area (TPSA) is 77.6 Å². The third-order valence-electron chi connectivity index (χ3n) is 6.80. The zero-order valence-electron chi connectivity index (χ0n) is 19.8. The van der Waals surface area contributed by atoms with Gasteiger partial charge in [0.1, 0.15) is 0 Å². The minimum atomic E-state index is -0.0556. The second-order valence-electron chi connectivity index (χ2n) is 9.10. The monoisotopic (exact) mass is 450 g/mol. The lowest BCUT2D eigenvalue weighted by Gasteiger charge is -2.28. The molecule has 170 valence electrons. The number of nitrogens with one attached hydrogen (secondary N) is 1. The molecule has 6 rings (SSSR count). The van der Waals surface area contributed by atoms with Crippen molar-refractivity contribution in [3.8, 4) is 11.3 Å². The van der Waals surface area contributed by atoms with Gasteiger partial charge in [0.05, 0.1) is 40.7 Å². The first kappa shape index (κ1) is 20.6. The van der Waals surface area contributed by atoms with Gasteiger partial charge in [-0.25, -0.2) is 0 Å². The highest BCUT2D eigenvalue weighted by molar-refractivity contribution is 6.07. The molecule has 0 amide bonds. The van der Waals surface area contributed by atoms with Crippen LogP contribution in [0.5, 0.6) is 0 Å². The second kappa shape index (κ2) is 7.52. The van der Waals surface area contributed by atoms with E-state index < -0.39 is 0 Å². The molecule has 5 heterocycles. The van der Waals surface area contributed by atoms with E-state index in [0.717, 1.165) is 67.7 Å². The Morgan fingerprint density at radius 1 is 1.09 bits per heavy atom. The molecule has 7 heteroatoms. The van der Waals surface area contributed by atoms with Gasteiger partial charge in [-0.3, -0.25) is 19.4 Å². The molecule has 1 aliphatic heterocycles. The van der Waals surface area contributed by atoms with E-state index in [0.29, 0.717) is 6.54 Å². The van der Waals surface area contributed by atoms with Crippen LogP contribution >= 0.6 is 0 Å². The molecule has 5 aromatic rings. The number of aromatic nitrogens is 5. The maximum Gasteiger partial charge on any atom is 0.258 e. The van der Waals surface area contributed by atoms with Crippen LogP contribution in [0.3, 0.4) is 0 Å². The number of aryl methyl sites for hydroxylation is 4. The van der Waals surface area contributed by atoms with Crippen LogP contribution in [0.2, 0.25) is 0 Å². The van der Waals surface area contributed by atoms with Gasteiger partial charge in [0.2, 0.25) is 0 Å². The summed E-state index contributed by atoms with van der Waals surface area (Å²) in [6, 6.07) is 12.2. The number of nitrogens with zero attached hydrogens (tertiary/aromatic N) is 5. The molecule has 34 heavy (non-hydrogen) atoms. The molecule has 0 aliphatic carbocycles. The van der Waals surface area contributed by atoms with E-state index in [4.69, 9.17) is 10.1 Å². The molecule has 1 unspecified atom stereocenters. The van der Waals surface area contributed by atoms with Gasteiger partial charge in [-0.15, -0.1) is 0 Å². The van der Waals surface area contributed by atoms with Crippen LogP contribution < -0.4 is 10.9 Å². The van der Waals surface area contributed by atoms with Gasteiger partial charge in [-0.1, -0.05) is 13.0 Å². The fourth-order valence-electron chi connectivity index (χ4n) is 5.26. The molecule has 0 fully saturated rings. The van der Waals surface area contributed by atoms with Crippen LogP contribution in [0, 0.1) is 13.8 Å². The minimum Gasteiger partial charge on any atom is -0.375 e. The Labute approximate surface area is 197 Å². The number of pyridine rings is 3. The van der Waals surface area contributed by atoms with Gasteiger partial charge in [-0.05, 0) is 61.7 Å². The summed E-state index contributed by atoms with van der Waals surface area (Å²) in [5, 5.41) is 10.4. The molecular weight excluding hydrogens is 424 g/mol. The third kappa shape index (κ3) is 2.96. The highest BCUT2D eigenvalue weighted by Crippen LogP contribution is 2.39. The molecule has 0 spiro atoms. The fourth-order valence-corrected chi connectivity index (χ4v) is 5.26. The normalized spacial score (nSPS) is 14.9. The van der Waals surface area contributed by atoms with Crippen molar-refractivity contribution in [3.63, 3.8) is 0 Å². The van der Waals surface area contributed by atoms with E-state index in [1.165, 1.54) is 0 Å². The van der Waals surface area contributed by atoms with Gasteiger partial charge in [0.15, 0.2) is 0 Å². The molecule has 1 atom stereocenters. The van der Waals surface area contributed by atoms with Crippen LogP contribution in [0.15, 0.2) is 53.6 Å². The first-order valence-corrected chi connectivity index (χ1v) is 11.6. The van der Waals surface area contributed by atoms with Crippen molar-refractivity contribution in [3.05, 3.63) is 81.7 Å². The van der Waals surface area contributed by atoms with E-state index in [-0.39, 0.29) is 11.6 Å². The molecular formula is C27H26N6O. The first-order chi connectivity index (χ1) is 16.5. The molecule has 0 bridgehead atoms. The number of hydrogen-bond acceptors (Lipinski definition) is 5. The summed E-state index contributed by atoms with van der Waals surface area (Å²) >= 11 is 0. The predicted molar refractivity (Wildman–Crippen MR) is 135 cm³/mol. The van der Waals surface area contributed by atoms with Gasteiger partial charge in [0.25, 0.3) is 5.56 Å². The summed E-state index contributed by atoms with van der Waals surface area (Å²) in [5.41, 5.74) is 8.99. The smallest absolute Gasteiger partial charge is 0.258 e. The maximum atomic E-state index is 13.4. The molecule has 0 saturated heterocycles. The number of benzene rings is 1.